The van der Waals surface area contributed by atoms with Crippen molar-refractivity contribution in [2.75, 3.05) is 6.54 Å². The van der Waals surface area contributed by atoms with E-state index >= 15 is 0 Å². The summed E-state index contributed by atoms with van der Waals surface area (Å²) in [5, 5.41) is 8.66. The molecule has 2 rings (SSSR count). The predicted molar refractivity (Wildman–Crippen MR) is 57.6 cm³/mol. The summed E-state index contributed by atoms with van der Waals surface area (Å²) < 4.78 is 5.04. The molecule has 0 radical (unpaired) electrons. The van der Waals surface area contributed by atoms with E-state index in [0.29, 0.717) is 5.69 Å². The smallest absolute Gasteiger partial charge is 0.305 e. The molecule has 1 saturated carbocycles. The molecule has 0 saturated heterocycles. The number of carbonyl (C=O) groups is 2. The summed E-state index contributed by atoms with van der Waals surface area (Å²) in [6.07, 6.45) is 3.04. The Labute approximate surface area is 98.2 Å². The van der Waals surface area contributed by atoms with Gasteiger partial charge in [0.1, 0.15) is 0 Å². The van der Waals surface area contributed by atoms with E-state index in [1.165, 1.54) is 6.39 Å². The van der Waals surface area contributed by atoms with Gasteiger partial charge in [0.15, 0.2) is 6.39 Å². The van der Waals surface area contributed by atoms with Gasteiger partial charge in [-0.05, 0) is 19.8 Å². The second kappa shape index (κ2) is 4.57. The minimum atomic E-state index is -0.905. The van der Waals surface area contributed by atoms with E-state index in [4.69, 9.17) is 9.52 Å². The van der Waals surface area contributed by atoms with Crippen LogP contribution in [0.25, 0.3) is 0 Å². The van der Waals surface area contributed by atoms with Gasteiger partial charge in [-0.25, -0.2) is 4.98 Å². The van der Waals surface area contributed by atoms with Crippen LogP contribution in [0.2, 0.25) is 0 Å². The standard InChI is InChI=1S/C11H14N2O4/c1-7-10(17-6-12-7)11(16)13(8-2-3-8)5-4-9(14)15/h6,8H,2-5H2,1H3,(H,14,15). The number of carboxylic acid groups (broad SMARTS) is 1. The summed E-state index contributed by atoms with van der Waals surface area (Å²) in [6, 6.07) is 0.159. The van der Waals surface area contributed by atoms with Gasteiger partial charge >= 0.3 is 5.97 Å². The molecule has 0 unspecified atom stereocenters. The number of aliphatic carboxylic acids is 1. The molecule has 17 heavy (non-hydrogen) atoms. The van der Waals surface area contributed by atoms with Gasteiger partial charge in [0.25, 0.3) is 5.91 Å². The van der Waals surface area contributed by atoms with Gasteiger partial charge < -0.3 is 14.4 Å². The summed E-state index contributed by atoms with van der Waals surface area (Å²) in [6.45, 7) is 1.91. The molecule has 1 aromatic heterocycles. The third-order valence-corrected chi connectivity index (χ3v) is 2.75. The molecule has 92 valence electrons. The number of aryl methyl sites for hydroxylation is 1. The van der Waals surface area contributed by atoms with Gasteiger partial charge in [-0.1, -0.05) is 0 Å². The molecular weight excluding hydrogens is 224 g/mol. The van der Waals surface area contributed by atoms with Crippen LogP contribution in [0.4, 0.5) is 0 Å². The number of nitrogens with zero attached hydrogens (tertiary/aromatic N) is 2. The highest BCUT2D eigenvalue weighted by molar-refractivity contribution is 5.93. The average Bonchev–Trinajstić information content (AvgIpc) is 3.00. The summed E-state index contributed by atoms with van der Waals surface area (Å²) in [5.41, 5.74) is 0.538. The molecule has 0 aromatic carbocycles. The Kier molecular flexibility index (Phi) is 3.12. The van der Waals surface area contributed by atoms with E-state index in [2.05, 4.69) is 4.98 Å². The molecule has 1 fully saturated rings. The Hall–Kier alpha value is -1.85. The SMILES string of the molecule is Cc1ncoc1C(=O)N(CCC(=O)O)C1CC1. The normalized spacial score (nSPS) is 14.6. The van der Waals surface area contributed by atoms with Gasteiger partial charge in [0.2, 0.25) is 5.76 Å². The number of hydrogen-bond acceptors (Lipinski definition) is 4. The molecule has 0 aliphatic heterocycles. The molecule has 1 aliphatic rings. The predicted octanol–water partition coefficient (Wildman–Crippen LogP) is 1.06. The quantitative estimate of drug-likeness (QED) is 0.829. The second-order valence-corrected chi connectivity index (χ2v) is 4.14. The topological polar surface area (TPSA) is 83.6 Å². The van der Waals surface area contributed by atoms with E-state index in [0.717, 1.165) is 12.8 Å². The van der Waals surface area contributed by atoms with E-state index in [1.807, 2.05) is 0 Å². The Balaban J connectivity index is 2.08. The molecule has 0 spiro atoms. The monoisotopic (exact) mass is 238 g/mol. The van der Waals surface area contributed by atoms with Crippen molar-refractivity contribution in [2.45, 2.75) is 32.2 Å². The molecule has 6 heteroatoms. The van der Waals surface area contributed by atoms with Crippen molar-refractivity contribution in [2.24, 2.45) is 0 Å². The van der Waals surface area contributed by atoms with E-state index < -0.39 is 5.97 Å². The summed E-state index contributed by atoms with van der Waals surface area (Å²) in [5.74, 6) is -0.955. The van der Waals surface area contributed by atoms with Crippen molar-refractivity contribution in [3.63, 3.8) is 0 Å². The van der Waals surface area contributed by atoms with Crippen LogP contribution in [0.3, 0.4) is 0 Å². The number of aromatic nitrogens is 1. The molecule has 1 heterocycles. The average molecular weight is 238 g/mol. The van der Waals surface area contributed by atoms with Gasteiger partial charge in [0, 0.05) is 12.6 Å². The van der Waals surface area contributed by atoms with Crippen molar-refractivity contribution < 1.29 is 19.1 Å². The highest BCUT2D eigenvalue weighted by Crippen LogP contribution is 2.28. The van der Waals surface area contributed by atoms with Crippen molar-refractivity contribution in [3.05, 3.63) is 17.8 Å². The Morgan fingerprint density at radius 2 is 2.29 bits per heavy atom. The Morgan fingerprint density at radius 1 is 1.59 bits per heavy atom. The first kappa shape index (κ1) is 11.6. The minimum Gasteiger partial charge on any atom is -0.481 e. The van der Waals surface area contributed by atoms with Crippen LogP contribution in [0.5, 0.6) is 0 Å². The van der Waals surface area contributed by atoms with Crippen LogP contribution in [0, 0.1) is 6.92 Å². The first-order valence-corrected chi connectivity index (χ1v) is 5.52. The van der Waals surface area contributed by atoms with Crippen molar-refractivity contribution in [1.29, 1.82) is 0 Å². The summed E-state index contributed by atoms with van der Waals surface area (Å²) in [4.78, 5) is 28.1. The highest BCUT2D eigenvalue weighted by Gasteiger charge is 2.35. The zero-order chi connectivity index (χ0) is 12.4. The maximum absolute atomic E-state index is 12.1. The van der Waals surface area contributed by atoms with Gasteiger partial charge in [-0.15, -0.1) is 0 Å². The summed E-state index contributed by atoms with van der Waals surface area (Å²) in [7, 11) is 0. The fraction of sp³-hybridized carbons (Fsp3) is 0.545. The van der Waals surface area contributed by atoms with E-state index in [-0.39, 0.29) is 30.7 Å². The van der Waals surface area contributed by atoms with Gasteiger partial charge in [0.05, 0.1) is 12.1 Å². The van der Waals surface area contributed by atoms with Crippen molar-refractivity contribution >= 4 is 11.9 Å². The number of hydrogen-bond donors (Lipinski definition) is 1. The lowest BCUT2D eigenvalue weighted by Crippen LogP contribution is -2.35. The Bertz CT molecular complexity index is 436. The fourth-order valence-corrected chi connectivity index (χ4v) is 1.69. The van der Waals surface area contributed by atoms with Gasteiger partial charge in [-0.3, -0.25) is 9.59 Å². The van der Waals surface area contributed by atoms with Crippen LogP contribution >= 0.6 is 0 Å². The van der Waals surface area contributed by atoms with Gasteiger partial charge in [-0.2, -0.15) is 0 Å². The first-order valence-electron chi connectivity index (χ1n) is 5.52. The van der Waals surface area contributed by atoms with Crippen LogP contribution in [-0.4, -0.2) is 39.5 Å². The van der Waals surface area contributed by atoms with Crippen LogP contribution in [-0.2, 0) is 4.79 Å². The highest BCUT2D eigenvalue weighted by atomic mass is 16.4. The van der Waals surface area contributed by atoms with Crippen LogP contribution < -0.4 is 0 Å². The lowest BCUT2D eigenvalue weighted by atomic mass is 10.3. The van der Waals surface area contributed by atoms with Crippen LogP contribution in [0.15, 0.2) is 10.8 Å². The lowest BCUT2D eigenvalue weighted by Gasteiger charge is -2.20. The number of carboxylic acids is 1. The second-order valence-electron chi connectivity index (χ2n) is 4.14. The molecule has 0 atom stereocenters. The molecular formula is C11H14N2O4. The molecule has 1 aliphatic carbocycles. The third kappa shape index (κ3) is 2.64. The largest absolute Gasteiger partial charge is 0.481 e. The number of amides is 1. The zero-order valence-corrected chi connectivity index (χ0v) is 9.55. The molecule has 6 nitrogen and oxygen atoms in total. The minimum absolute atomic E-state index is 0.0462. The molecule has 0 bridgehead atoms. The zero-order valence-electron chi connectivity index (χ0n) is 9.55. The Morgan fingerprint density at radius 3 is 2.76 bits per heavy atom. The maximum Gasteiger partial charge on any atom is 0.305 e. The maximum atomic E-state index is 12.1. The number of carbonyl (C=O) groups excluding carboxylic acids is 1. The third-order valence-electron chi connectivity index (χ3n) is 2.75. The first-order chi connectivity index (χ1) is 8.09. The fourth-order valence-electron chi connectivity index (χ4n) is 1.69. The van der Waals surface area contributed by atoms with Crippen LogP contribution in [0.1, 0.15) is 35.5 Å². The van der Waals surface area contributed by atoms with E-state index in [9.17, 15) is 9.59 Å². The van der Waals surface area contributed by atoms with Crippen molar-refractivity contribution in [1.82, 2.24) is 9.88 Å². The van der Waals surface area contributed by atoms with E-state index in [1.54, 1.807) is 11.8 Å². The molecule has 1 amide bonds. The summed E-state index contributed by atoms with van der Waals surface area (Å²) >= 11 is 0. The molecule has 1 N–H and O–H groups in total. The lowest BCUT2D eigenvalue weighted by molar-refractivity contribution is -0.137. The number of oxazole rings is 1. The molecule has 1 aromatic rings. The number of rotatable bonds is 5. The van der Waals surface area contributed by atoms with Crippen molar-refractivity contribution in [3.8, 4) is 0 Å².